The van der Waals surface area contributed by atoms with Gasteiger partial charge in [-0.3, -0.25) is 0 Å². The standard InChI is InChI=1S/C16H12FN3S/c1-10-14(11-5-3-2-4-6-11)19-15(20-16(10)21)13-8-7-12(17)9-18-13/h2-9H,1H3,(H,19,20,21). The summed E-state index contributed by atoms with van der Waals surface area (Å²) in [5, 5.41) is 0. The van der Waals surface area contributed by atoms with Crippen molar-refractivity contribution in [1.29, 1.82) is 0 Å². The number of aromatic amines is 1. The van der Waals surface area contributed by atoms with Gasteiger partial charge in [-0.05, 0) is 24.6 Å². The SMILES string of the molecule is Cc1c(-c2ccccc2)[nH]c(-c2ccc(F)cn2)nc1=S. The number of nitrogens with one attached hydrogen (secondary N) is 1. The molecular formula is C16H12FN3S. The maximum Gasteiger partial charge on any atom is 0.158 e. The number of benzene rings is 1. The molecule has 0 amide bonds. The average molecular weight is 297 g/mol. The molecule has 3 nitrogen and oxygen atoms in total. The minimum Gasteiger partial charge on any atom is -0.338 e. The van der Waals surface area contributed by atoms with E-state index in [0.717, 1.165) is 23.0 Å². The third kappa shape index (κ3) is 2.73. The Bertz CT molecular complexity index is 826. The second kappa shape index (κ2) is 5.54. The molecule has 3 aromatic rings. The molecule has 0 bridgehead atoms. The van der Waals surface area contributed by atoms with Crippen LogP contribution in [0.5, 0.6) is 0 Å². The van der Waals surface area contributed by atoms with Gasteiger partial charge in [0.1, 0.15) is 16.2 Å². The van der Waals surface area contributed by atoms with Gasteiger partial charge in [-0.15, -0.1) is 0 Å². The number of hydrogen-bond acceptors (Lipinski definition) is 3. The van der Waals surface area contributed by atoms with Crippen LogP contribution in [-0.2, 0) is 0 Å². The Morgan fingerprint density at radius 1 is 1.10 bits per heavy atom. The van der Waals surface area contributed by atoms with Crippen molar-refractivity contribution in [2.75, 3.05) is 0 Å². The molecule has 0 aliphatic rings. The summed E-state index contributed by atoms with van der Waals surface area (Å²) in [6.45, 7) is 1.93. The van der Waals surface area contributed by atoms with Crippen LogP contribution in [0.15, 0.2) is 48.7 Å². The van der Waals surface area contributed by atoms with Gasteiger partial charge in [0, 0.05) is 5.56 Å². The van der Waals surface area contributed by atoms with Crippen LogP contribution in [0, 0.1) is 17.4 Å². The predicted molar refractivity (Wildman–Crippen MR) is 82.8 cm³/mol. The van der Waals surface area contributed by atoms with Gasteiger partial charge in [0.05, 0.1) is 11.9 Å². The summed E-state index contributed by atoms with van der Waals surface area (Å²) in [4.78, 5) is 11.6. The molecule has 104 valence electrons. The zero-order chi connectivity index (χ0) is 14.8. The predicted octanol–water partition coefficient (Wildman–Crippen LogP) is 4.32. The Kier molecular flexibility index (Phi) is 3.58. The summed E-state index contributed by atoms with van der Waals surface area (Å²) in [5.41, 5.74) is 3.38. The van der Waals surface area contributed by atoms with Crippen LogP contribution in [0.4, 0.5) is 4.39 Å². The molecule has 2 aromatic heterocycles. The summed E-state index contributed by atoms with van der Waals surface area (Å²) in [5.74, 6) is 0.150. The fourth-order valence-corrected chi connectivity index (χ4v) is 2.26. The fourth-order valence-electron chi connectivity index (χ4n) is 2.06. The normalized spacial score (nSPS) is 10.6. The summed E-state index contributed by atoms with van der Waals surface area (Å²) in [6, 6.07) is 12.8. The van der Waals surface area contributed by atoms with Crippen molar-refractivity contribution in [1.82, 2.24) is 15.0 Å². The Labute approximate surface area is 126 Å². The number of H-pyrrole nitrogens is 1. The van der Waals surface area contributed by atoms with Crippen LogP contribution in [0.1, 0.15) is 5.56 Å². The summed E-state index contributed by atoms with van der Waals surface area (Å²) in [6.07, 6.45) is 1.16. The molecular weight excluding hydrogens is 285 g/mol. The van der Waals surface area contributed by atoms with Gasteiger partial charge in [0.15, 0.2) is 5.82 Å². The molecule has 0 saturated heterocycles. The molecule has 0 saturated carbocycles. The van der Waals surface area contributed by atoms with Crippen LogP contribution in [-0.4, -0.2) is 15.0 Å². The van der Waals surface area contributed by atoms with E-state index in [-0.39, 0.29) is 5.82 Å². The van der Waals surface area contributed by atoms with Crippen LogP contribution < -0.4 is 0 Å². The molecule has 0 unspecified atom stereocenters. The van der Waals surface area contributed by atoms with Gasteiger partial charge >= 0.3 is 0 Å². The maximum atomic E-state index is 13.0. The van der Waals surface area contributed by atoms with Crippen molar-refractivity contribution in [2.24, 2.45) is 0 Å². The van der Waals surface area contributed by atoms with Gasteiger partial charge < -0.3 is 4.98 Å². The quantitative estimate of drug-likeness (QED) is 0.716. The number of pyridine rings is 1. The van der Waals surface area contributed by atoms with Crippen molar-refractivity contribution >= 4 is 12.2 Å². The van der Waals surface area contributed by atoms with Crippen LogP contribution >= 0.6 is 12.2 Å². The zero-order valence-corrected chi connectivity index (χ0v) is 12.1. The molecule has 0 aliphatic carbocycles. The van der Waals surface area contributed by atoms with Crippen molar-refractivity contribution in [2.45, 2.75) is 6.92 Å². The smallest absolute Gasteiger partial charge is 0.158 e. The molecule has 3 rings (SSSR count). The molecule has 2 heterocycles. The van der Waals surface area contributed by atoms with Gasteiger partial charge in [0.2, 0.25) is 0 Å². The number of hydrogen-bond donors (Lipinski definition) is 1. The molecule has 0 spiro atoms. The Balaban J connectivity index is 2.19. The molecule has 0 fully saturated rings. The number of halogens is 1. The minimum absolute atomic E-state index is 0.382. The molecule has 21 heavy (non-hydrogen) atoms. The van der Waals surface area contributed by atoms with E-state index >= 15 is 0 Å². The number of nitrogens with zero attached hydrogens (tertiary/aromatic N) is 2. The van der Waals surface area contributed by atoms with Gasteiger partial charge in [-0.2, -0.15) is 0 Å². The molecule has 1 N–H and O–H groups in total. The molecule has 5 heteroatoms. The van der Waals surface area contributed by atoms with E-state index in [1.165, 1.54) is 6.07 Å². The van der Waals surface area contributed by atoms with E-state index in [1.807, 2.05) is 37.3 Å². The van der Waals surface area contributed by atoms with Crippen molar-refractivity contribution in [3.63, 3.8) is 0 Å². The summed E-state index contributed by atoms with van der Waals surface area (Å²) in [7, 11) is 0. The van der Waals surface area contributed by atoms with Crippen LogP contribution in [0.25, 0.3) is 22.8 Å². The Morgan fingerprint density at radius 2 is 1.86 bits per heavy atom. The average Bonchev–Trinajstić information content (AvgIpc) is 2.51. The van der Waals surface area contributed by atoms with E-state index in [9.17, 15) is 4.39 Å². The third-order valence-corrected chi connectivity index (χ3v) is 3.58. The lowest BCUT2D eigenvalue weighted by molar-refractivity contribution is 0.621. The topological polar surface area (TPSA) is 41.6 Å². The molecule has 1 aromatic carbocycles. The van der Waals surface area contributed by atoms with Crippen LogP contribution in [0.2, 0.25) is 0 Å². The van der Waals surface area contributed by atoms with Crippen LogP contribution in [0.3, 0.4) is 0 Å². The van der Waals surface area contributed by atoms with E-state index in [2.05, 4.69) is 15.0 Å². The number of rotatable bonds is 2. The largest absolute Gasteiger partial charge is 0.338 e. The maximum absolute atomic E-state index is 13.0. The minimum atomic E-state index is -0.382. The van der Waals surface area contributed by atoms with Crippen molar-refractivity contribution < 1.29 is 4.39 Å². The highest BCUT2D eigenvalue weighted by molar-refractivity contribution is 7.71. The van der Waals surface area contributed by atoms with Gasteiger partial charge in [-0.25, -0.2) is 14.4 Å². The highest BCUT2D eigenvalue weighted by Crippen LogP contribution is 2.24. The van der Waals surface area contributed by atoms with E-state index in [0.29, 0.717) is 16.2 Å². The van der Waals surface area contributed by atoms with Gasteiger partial charge in [0.25, 0.3) is 0 Å². The summed E-state index contributed by atoms with van der Waals surface area (Å²) < 4.78 is 13.5. The first-order valence-corrected chi connectivity index (χ1v) is 6.84. The Hall–Kier alpha value is -2.40. The fraction of sp³-hybridized carbons (Fsp3) is 0.0625. The highest BCUT2D eigenvalue weighted by Gasteiger charge is 2.09. The first-order valence-electron chi connectivity index (χ1n) is 6.43. The van der Waals surface area contributed by atoms with Crippen molar-refractivity contribution in [3.8, 4) is 22.8 Å². The highest BCUT2D eigenvalue weighted by atomic mass is 32.1. The third-order valence-electron chi connectivity index (χ3n) is 3.19. The summed E-state index contributed by atoms with van der Waals surface area (Å²) >= 11 is 5.32. The monoisotopic (exact) mass is 297 g/mol. The van der Waals surface area contributed by atoms with E-state index < -0.39 is 0 Å². The lowest BCUT2D eigenvalue weighted by Crippen LogP contribution is -1.98. The second-order valence-electron chi connectivity index (χ2n) is 4.62. The first-order chi connectivity index (χ1) is 10.1. The lowest BCUT2D eigenvalue weighted by atomic mass is 10.1. The number of aromatic nitrogens is 3. The molecule has 0 aliphatic heterocycles. The second-order valence-corrected chi connectivity index (χ2v) is 5.00. The van der Waals surface area contributed by atoms with Crippen molar-refractivity contribution in [3.05, 3.63) is 64.7 Å². The van der Waals surface area contributed by atoms with E-state index in [1.54, 1.807) is 6.07 Å². The zero-order valence-electron chi connectivity index (χ0n) is 11.3. The molecule has 0 atom stereocenters. The first kappa shape index (κ1) is 13.6. The van der Waals surface area contributed by atoms with Gasteiger partial charge in [-0.1, -0.05) is 42.5 Å². The Morgan fingerprint density at radius 3 is 2.52 bits per heavy atom. The molecule has 0 radical (unpaired) electrons. The lowest BCUT2D eigenvalue weighted by Gasteiger charge is -2.09. The van der Waals surface area contributed by atoms with E-state index in [4.69, 9.17) is 12.2 Å².